The number of nitrogens with zero attached hydrogens (tertiary/aromatic N) is 1. The van der Waals surface area contributed by atoms with E-state index in [-0.39, 0.29) is 21.4 Å². The van der Waals surface area contributed by atoms with E-state index in [0.29, 0.717) is 6.54 Å². The molecule has 0 atom stereocenters. The van der Waals surface area contributed by atoms with Gasteiger partial charge in [-0.15, -0.1) is 0 Å². The Morgan fingerprint density at radius 2 is 1.72 bits per heavy atom. The smallest absolute Gasteiger partial charge is 0.251 e. The largest absolute Gasteiger partial charge is 0.497 e. The van der Waals surface area contributed by atoms with Crippen molar-refractivity contribution in [2.45, 2.75) is 11.4 Å². The molecule has 0 aliphatic heterocycles. The molecular formula is C21H21ClN2O4S. The molecule has 8 heteroatoms. The number of carbonyl (C=O) groups excluding carboxylic acids is 1. The minimum atomic E-state index is -3.75. The normalized spacial score (nSPS) is 11.6. The molecule has 0 saturated carbocycles. The maximum absolute atomic E-state index is 12.5. The van der Waals surface area contributed by atoms with Gasteiger partial charge < -0.3 is 10.1 Å². The first-order valence-corrected chi connectivity index (χ1v) is 10.6. The first-order valence-electron chi connectivity index (χ1n) is 8.79. The minimum absolute atomic E-state index is 0.0696. The van der Waals surface area contributed by atoms with Crippen molar-refractivity contribution in [3.05, 3.63) is 70.7 Å². The number of amides is 1. The highest BCUT2D eigenvalue weighted by Crippen LogP contribution is 2.25. The predicted octanol–water partition coefficient (Wildman–Crippen LogP) is 3.68. The average Bonchev–Trinajstić information content (AvgIpc) is 2.71. The zero-order valence-corrected chi connectivity index (χ0v) is 17.8. The molecule has 3 rings (SSSR count). The van der Waals surface area contributed by atoms with E-state index in [0.717, 1.165) is 26.4 Å². The molecule has 0 radical (unpaired) electrons. The van der Waals surface area contributed by atoms with Gasteiger partial charge in [0, 0.05) is 26.2 Å². The van der Waals surface area contributed by atoms with Crippen LogP contribution in [0.2, 0.25) is 5.02 Å². The highest BCUT2D eigenvalue weighted by Gasteiger charge is 2.22. The van der Waals surface area contributed by atoms with Crippen LogP contribution in [0.5, 0.6) is 5.75 Å². The number of nitrogens with one attached hydrogen (secondary N) is 1. The lowest BCUT2D eigenvalue weighted by atomic mass is 10.1. The maximum atomic E-state index is 12.5. The van der Waals surface area contributed by atoms with Crippen LogP contribution in [0, 0.1) is 0 Å². The van der Waals surface area contributed by atoms with Gasteiger partial charge in [-0.2, -0.15) is 0 Å². The van der Waals surface area contributed by atoms with E-state index < -0.39 is 10.0 Å². The summed E-state index contributed by atoms with van der Waals surface area (Å²) in [5.74, 6) is 0.400. The molecule has 3 aromatic rings. The molecule has 0 unspecified atom stereocenters. The summed E-state index contributed by atoms with van der Waals surface area (Å²) in [7, 11) is 0.693. The van der Waals surface area contributed by atoms with Gasteiger partial charge in [0.1, 0.15) is 10.6 Å². The molecule has 0 spiro atoms. The second kappa shape index (κ2) is 8.41. The fourth-order valence-electron chi connectivity index (χ4n) is 2.83. The lowest BCUT2D eigenvalue weighted by molar-refractivity contribution is 0.0950. The summed E-state index contributed by atoms with van der Waals surface area (Å²) < 4.78 is 31.0. The third-order valence-corrected chi connectivity index (χ3v) is 6.81. The summed E-state index contributed by atoms with van der Waals surface area (Å²) in [6.07, 6.45) is 0. The molecule has 1 amide bonds. The number of hydrogen-bond donors (Lipinski definition) is 1. The second-order valence-corrected chi connectivity index (χ2v) is 9.19. The zero-order valence-electron chi connectivity index (χ0n) is 16.3. The van der Waals surface area contributed by atoms with Gasteiger partial charge in [-0.3, -0.25) is 4.79 Å². The number of methoxy groups -OCH3 is 1. The number of rotatable bonds is 6. The van der Waals surface area contributed by atoms with Crippen molar-refractivity contribution in [1.29, 1.82) is 0 Å². The molecule has 1 N–H and O–H groups in total. The van der Waals surface area contributed by atoms with E-state index in [1.165, 1.54) is 32.3 Å². The monoisotopic (exact) mass is 432 g/mol. The fourth-order valence-corrected chi connectivity index (χ4v) is 4.23. The van der Waals surface area contributed by atoms with Gasteiger partial charge in [0.25, 0.3) is 5.91 Å². The van der Waals surface area contributed by atoms with Crippen LogP contribution in [0.3, 0.4) is 0 Å². The Bertz CT molecular complexity index is 1180. The maximum Gasteiger partial charge on any atom is 0.251 e. The first-order chi connectivity index (χ1) is 13.7. The number of halogens is 1. The van der Waals surface area contributed by atoms with E-state index in [2.05, 4.69) is 5.32 Å². The summed E-state index contributed by atoms with van der Waals surface area (Å²) >= 11 is 6.03. The van der Waals surface area contributed by atoms with Crippen LogP contribution < -0.4 is 10.1 Å². The average molecular weight is 433 g/mol. The van der Waals surface area contributed by atoms with E-state index in [9.17, 15) is 13.2 Å². The van der Waals surface area contributed by atoms with Gasteiger partial charge in [0.05, 0.1) is 12.1 Å². The summed E-state index contributed by atoms with van der Waals surface area (Å²) in [5.41, 5.74) is 1.14. The molecule has 6 nitrogen and oxygen atoms in total. The van der Waals surface area contributed by atoms with Crippen LogP contribution in [0.4, 0.5) is 0 Å². The predicted molar refractivity (Wildman–Crippen MR) is 114 cm³/mol. The lowest BCUT2D eigenvalue weighted by Gasteiger charge is -2.14. The topological polar surface area (TPSA) is 75.7 Å². The van der Waals surface area contributed by atoms with E-state index in [4.69, 9.17) is 16.3 Å². The Kier molecular flexibility index (Phi) is 6.12. The lowest BCUT2D eigenvalue weighted by Crippen LogP contribution is -2.25. The Morgan fingerprint density at radius 1 is 1.03 bits per heavy atom. The van der Waals surface area contributed by atoms with Gasteiger partial charge in [0.15, 0.2) is 0 Å². The van der Waals surface area contributed by atoms with Crippen molar-refractivity contribution < 1.29 is 17.9 Å². The molecular weight excluding hydrogens is 412 g/mol. The fraction of sp³-hybridized carbons (Fsp3) is 0.190. The third-order valence-electron chi connectivity index (χ3n) is 4.52. The molecule has 152 valence electrons. The van der Waals surface area contributed by atoms with E-state index in [1.807, 2.05) is 36.4 Å². The Hall–Kier alpha value is -2.61. The molecule has 0 heterocycles. The van der Waals surface area contributed by atoms with Crippen LogP contribution >= 0.6 is 11.6 Å². The summed E-state index contributed by atoms with van der Waals surface area (Å²) in [5, 5.41) is 4.95. The van der Waals surface area contributed by atoms with Crippen LogP contribution in [-0.2, 0) is 16.6 Å². The summed E-state index contributed by atoms with van der Waals surface area (Å²) in [6.45, 7) is 0.305. The summed E-state index contributed by atoms with van der Waals surface area (Å²) in [4.78, 5) is 12.4. The highest BCUT2D eigenvalue weighted by molar-refractivity contribution is 7.89. The quantitative estimate of drug-likeness (QED) is 0.644. The molecule has 0 aliphatic carbocycles. The van der Waals surface area contributed by atoms with Crippen molar-refractivity contribution in [2.24, 2.45) is 0 Å². The minimum Gasteiger partial charge on any atom is -0.497 e. The number of benzene rings is 3. The van der Waals surface area contributed by atoms with Crippen LogP contribution in [0.1, 0.15) is 15.9 Å². The van der Waals surface area contributed by atoms with Crippen molar-refractivity contribution >= 4 is 38.3 Å². The van der Waals surface area contributed by atoms with Gasteiger partial charge in [-0.05, 0) is 52.7 Å². The molecule has 0 bridgehead atoms. The molecule has 0 aromatic heterocycles. The van der Waals surface area contributed by atoms with Crippen molar-refractivity contribution in [3.63, 3.8) is 0 Å². The van der Waals surface area contributed by atoms with Gasteiger partial charge in [-0.1, -0.05) is 29.8 Å². The van der Waals surface area contributed by atoms with Crippen molar-refractivity contribution in [2.75, 3.05) is 21.2 Å². The molecule has 0 aliphatic rings. The van der Waals surface area contributed by atoms with Gasteiger partial charge >= 0.3 is 0 Å². The molecule has 0 saturated heterocycles. The Morgan fingerprint density at radius 3 is 2.41 bits per heavy atom. The Labute approximate surface area is 175 Å². The zero-order chi connectivity index (χ0) is 21.2. The van der Waals surface area contributed by atoms with Gasteiger partial charge in [0.2, 0.25) is 10.0 Å². The van der Waals surface area contributed by atoms with E-state index >= 15 is 0 Å². The summed E-state index contributed by atoms with van der Waals surface area (Å²) in [6, 6.07) is 15.9. The molecule has 29 heavy (non-hydrogen) atoms. The number of sulfonamides is 1. The van der Waals surface area contributed by atoms with Gasteiger partial charge in [-0.25, -0.2) is 12.7 Å². The number of hydrogen-bond acceptors (Lipinski definition) is 4. The van der Waals surface area contributed by atoms with Crippen molar-refractivity contribution in [1.82, 2.24) is 9.62 Å². The second-order valence-electron chi connectivity index (χ2n) is 6.66. The number of carbonyl (C=O) groups is 1. The van der Waals surface area contributed by atoms with Crippen LogP contribution in [-0.4, -0.2) is 39.8 Å². The number of ether oxygens (including phenoxy) is 1. The third kappa shape index (κ3) is 4.53. The SMILES string of the molecule is COc1ccc2cc(CNC(=O)c3ccc(Cl)c(S(=O)(=O)N(C)C)c3)ccc2c1. The van der Waals surface area contributed by atoms with Crippen molar-refractivity contribution in [3.8, 4) is 5.75 Å². The first kappa shape index (κ1) is 21.1. The molecule has 3 aromatic carbocycles. The Balaban J connectivity index is 1.78. The van der Waals surface area contributed by atoms with E-state index in [1.54, 1.807) is 7.11 Å². The highest BCUT2D eigenvalue weighted by atomic mass is 35.5. The number of fused-ring (bicyclic) bond motifs is 1. The van der Waals surface area contributed by atoms with Crippen LogP contribution in [0.25, 0.3) is 10.8 Å². The van der Waals surface area contributed by atoms with Crippen LogP contribution in [0.15, 0.2) is 59.5 Å². The molecule has 0 fully saturated rings. The standard InChI is InChI=1S/C21H21ClN2O4S/c1-24(2)29(26,27)20-12-17(7-9-19(20)22)21(25)23-13-14-4-5-16-11-18(28-3)8-6-15(16)10-14/h4-12H,13H2,1-3H3,(H,23,25).